The number of ketones is 1. The molecule has 0 saturated heterocycles. The van der Waals surface area contributed by atoms with Gasteiger partial charge in [0.25, 0.3) is 0 Å². The summed E-state index contributed by atoms with van der Waals surface area (Å²) in [4.78, 5) is 22.4. The zero-order valence-electron chi connectivity index (χ0n) is 9.46. The summed E-state index contributed by atoms with van der Waals surface area (Å²) >= 11 is 0. The summed E-state index contributed by atoms with van der Waals surface area (Å²) in [5, 5.41) is 0. The SMILES string of the molecule is COC(=O)Cc1cc(C)c(C(C)=O)n1C. The van der Waals surface area contributed by atoms with Crippen molar-refractivity contribution in [2.75, 3.05) is 7.11 Å². The number of ether oxygens (including phenoxy) is 1. The molecule has 0 spiro atoms. The van der Waals surface area contributed by atoms with Crippen molar-refractivity contribution in [1.29, 1.82) is 0 Å². The van der Waals surface area contributed by atoms with Gasteiger partial charge in [0, 0.05) is 19.7 Å². The molecule has 0 saturated carbocycles. The molecule has 0 aliphatic heterocycles. The molecule has 0 amide bonds. The molecule has 15 heavy (non-hydrogen) atoms. The smallest absolute Gasteiger partial charge is 0.311 e. The van der Waals surface area contributed by atoms with E-state index >= 15 is 0 Å². The van der Waals surface area contributed by atoms with Gasteiger partial charge in [-0.1, -0.05) is 0 Å². The maximum Gasteiger partial charge on any atom is 0.311 e. The van der Waals surface area contributed by atoms with Gasteiger partial charge < -0.3 is 9.30 Å². The van der Waals surface area contributed by atoms with E-state index in [9.17, 15) is 9.59 Å². The third kappa shape index (κ3) is 2.26. The van der Waals surface area contributed by atoms with E-state index in [0.29, 0.717) is 5.69 Å². The lowest BCUT2D eigenvalue weighted by Crippen LogP contribution is -2.11. The van der Waals surface area contributed by atoms with Crippen LogP contribution in [0.3, 0.4) is 0 Å². The average Bonchev–Trinajstić information content (AvgIpc) is 2.41. The van der Waals surface area contributed by atoms with Gasteiger partial charge >= 0.3 is 5.97 Å². The van der Waals surface area contributed by atoms with Crippen LogP contribution in [0, 0.1) is 6.92 Å². The number of aryl methyl sites for hydroxylation is 1. The minimum Gasteiger partial charge on any atom is -0.469 e. The van der Waals surface area contributed by atoms with Gasteiger partial charge in [0.15, 0.2) is 5.78 Å². The van der Waals surface area contributed by atoms with Crippen molar-refractivity contribution in [3.05, 3.63) is 23.0 Å². The molecule has 0 N–H and O–H groups in total. The van der Waals surface area contributed by atoms with Crippen LogP contribution in [0.4, 0.5) is 0 Å². The minimum absolute atomic E-state index is 0.00566. The Balaban J connectivity index is 3.07. The number of carbonyl (C=O) groups is 2. The van der Waals surface area contributed by atoms with Gasteiger partial charge in [0.1, 0.15) is 0 Å². The lowest BCUT2D eigenvalue weighted by Gasteiger charge is -2.04. The van der Waals surface area contributed by atoms with Crippen LogP contribution < -0.4 is 0 Å². The predicted molar refractivity (Wildman–Crippen MR) is 55.9 cm³/mol. The van der Waals surface area contributed by atoms with Gasteiger partial charge in [-0.15, -0.1) is 0 Å². The predicted octanol–water partition coefficient (Wildman–Crippen LogP) is 1.25. The fourth-order valence-corrected chi connectivity index (χ4v) is 1.73. The molecule has 1 heterocycles. The van der Waals surface area contributed by atoms with Gasteiger partial charge in [0.05, 0.1) is 19.2 Å². The van der Waals surface area contributed by atoms with Gasteiger partial charge in [0.2, 0.25) is 0 Å². The van der Waals surface area contributed by atoms with Crippen molar-refractivity contribution in [2.45, 2.75) is 20.3 Å². The fourth-order valence-electron chi connectivity index (χ4n) is 1.73. The molecule has 0 aliphatic rings. The number of aromatic nitrogens is 1. The third-order valence-corrected chi connectivity index (χ3v) is 2.41. The van der Waals surface area contributed by atoms with Crippen LogP contribution in [0.5, 0.6) is 0 Å². The van der Waals surface area contributed by atoms with E-state index in [2.05, 4.69) is 4.74 Å². The molecule has 0 aromatic carbocycles. The van der Waals surface area contributed by atoms with Gasteiger partial charge in [-0.3, -0.25) is 9.59 Å². The number of hydrogen-bond donors (Lipinski definition) is 0. The molecular weight excluding hydrogens is 194 g/mol. The molecule has 0 unspecified atom stereocenters. The number of hydrogen-bond acceptors (Lipinski definition) is 3. The molecule has 1 aromatic heterocycles. The van der Waals surface area contributed by atoms with E-state index in [4.69, 9.17) is 0 Å². The van der Waals surface area contributed by atoms with Crippen LogP contribution in [0.2, 0.25) is 0 Å². The largest absolute Gasteiger partial charge is 0.469 e. The average molecular weight is 209 g/mol. The molecule has 0 bridgehead atoms. The summed E-state index contributed by atoms with van der Waals surface area (Å²) in [6, 6.07) is 1.84. The van der Waals surface area contributed by atoms with E-state index < -0.39 is 0 Å². The van der Waals surface area contributed by atoms with Gasteiger partial charge in [-0.05, 0) is 18.6 Å². The number of carbonyl (C=O) groups excluding carboxylic acids is 2. The van der Waals surface area contributed by atoms with Crippen molar-refractivity contribution >= 4 is 11.8 Å². The van der Waals surface area contributed by atoms with E-state index in [1.807, 2.05) is 13.0 Å². The van der Waals surface area contributed by atoms with E-state index in [1.54, 1.807) is 11.6 Å². The number of methoxy groups -OCH3 is 1. The standard InChI is InChI=1S/C11H15NO3/c1-7-5-9(6-10(14)15-4)12(3)11(7)8(2)13/h5H,6H2,1-4H3. The minimum atomic E-state index is -0.300. The number of Topliss-reactive ketones (excluding diaryl/α,β-unsaturated/α-hetero) is 1. The second-order valence-corrected chi connectivity index (χ2v) is 3.54. The molecule has 1 aromatic rings. The van der Waals surface area contributed by atoms with Crippen LogP contribution in [-0.4, -0.2) is 23.4 Å². The summed E-state index contributed by atoms with van der Waals surface area (Å²) in [5.74, 6) is -0.295. The Morgan fingerprint density at radius 3 is 2.47 bits per heavy atom. The first-order valence-electron chi connectivity index (χ1n) is 4.70. The van der Waals surface area contributed by atoms with Crippen LogP contribution in [-0.2, 0) is 23.0 Å². The fraction of sp³-hybridized carbons (Fsp3) is 0.455. The Labute approximate surface area is 88.8 Å². The molecule has 4 heteroatoms. The van der Waals surface area contributed by atoms with Crippen LogP contribution in [0.25, 0.3) is 0 Å². The lowest BCUT2D eigenvalue weighted by molar-refractivity contribution is -0.139. The van der Waals surface area contributed by atoms with Crippen molar-refractivity contribution in [1.82, 2.24) is 4.57 Å². The highest BCUT2D eigenvalue weighted by molar-refractivity contribution is 5.94. The van der Waals surface area contributed by atoms with Crippen LogP contribution in [0.15, 0.2) is 6.07 Å². The van der Waals surface area contributed by atoms with E-state index in [1.165, 1.54) is 14.0 Å². The highest BCUT2D eigenvalue weighted by Gasteiger charge is 2.15. The van der Waals surface area contributed by atoms with Gasteiger partial charge in [-0.25, -0.2) is 0 Å². The molecular formula is C11H15NO3. The summed E-state index contributed by atoms with van der Waals surface area (Å²) in [6.07, 6.45) is 0.196. The molecule has 0 atom stereocenters. The molecule has 0 aliphatic carbocycles. The molecule has 1 rings (SSSR count). The van der Waals surface area contributed by atoms with Crippen LogP contribution >= 0.6 is 0 Å². The Bertz CT molecular complexity index is 404. The Morgan fingerprint density at radius 2 is 2.07 bits per heavy atom. The maximum atomic E-state index is 11.3. The van der Waals surface area contributed by atoms with Crippen molar-refractivity contribution in [2.24, 2.45) is 7.05 Å². The second kappa shape index (κ2) is 4.29. The quantitative estimate of drug-likeness (QED) is 0.556. The Morgan fingerprint density at radius 1 is 1.47 bits per heavy atom. The molecule has 0 radical (unpaired) electrons. The summed E-state index contributed by atoms with van der Waals surface area (Å²) in [7, 11) is 3.13. The Hall–Kier alpha value is -1.58. The molecule has 82 valence electrons. The monoisotopic (exact) mass is 209 g/mol. The van der Waals surface area contributed by atoms with Crippen molar-refractivity contribution in [3.8, 4) is 0 Å². The van der Waals surface area contributed by atoms with E-state index in [0.717, 1.165) is 11.3 Å². The number of nitrogens with zero attached hydrogens (tertiary/aromatic N) is 1. The van der Waals surface area contributed by atoms with Gasteiger partial charge in [-0.2, -0.15) is 0 Å². The summed E-state index contributed by atoms with van der Waals surface area (Å²) < 4.78 is 6.33. The first-order chi connectivity index (χ1) is 6.97. The molecule has 0 fully saturated rings. The topological polar surface area (TPSA) is 48.3 Å². The van der Waals surface area contributed by atoms with Crippen molar-refractivity contribution in [3.63, 3.8) is 0 Å². The zero-order valence-corrected chi connectivity index (χ0v) is 9.46. The number of esters is 1. The normalized spacial score (nSPS) is 10.1. The maximum absolute atomic E-state index is 11.3. The summed E-state index contributed by atoms with van der Waals surface area (Å²) in [5.41, 5.74) is 2.34. The molecule has 4 nitrogen and oxygen atoms in total. The zero-order chi connectivity index (χ0) is 11.6. The first-order valence-corrected chi connectivity index (χ1v) is 4.70. The number of rotatable bonds is 3. The second-order valence-electron chi connectivity index (χ2n) is 3.54. The van der Waals surface area contributed by atoms with Crippen molar-refractivity contribution < 1.29 is 14.3 Å². The summed E-state index contributed by atoms with van der Waals surface area (Å²) in [6.45, 7) is 3.38. The highest BCUT2D eigenvalue weighted by atomic mass is 16.5. The lowest BCUT2D eigenvalue weighted by atomic mass is 10.2. The highest BCUT2D eigenvalue weighted by Crippen LogP contribution is 2.15. The first kappa shape index (κ1) is 11.5. The van der Waals surface area contributed by atoms with E-state index in [-0.39, 0.29) is 18.2 Å². The third-order valence-electron chi connectivity index (χ3n) is 2.41. The Kier molecular flexibility index (Phi) is 3.29. The van der Waals surface area contributed by atoms with Crippen LogP contribution in [0.1, 0.15) is 28.7 Å².